The van der Waals surface area contributed by atoms with Crippen molar-refractivity contribution in [3.8, 4) is 5.75 Å². The highest BCUT2D eigenvalue weighted by atomic mass is 16.5. The van der Waals surface area contributed by atoms with E-state index < -0.39 is 0 Å². The minimum absolute atomic E-state index is 0.0776. The maximum atomic E-state index is 13.4. The second-order valence-electron chi connectivity index (χ2n) is 9.47. The Morgan fingerprint density at radius 2 is 1.79 bits per heavy atom. The summed E-state index contributed by atoms with van der Waals surface area (Å²) in [4.78, 5) is 24.8. The van der Waals surface area contributed by atoms with E-state index in [4.69, 9.17) is 4.74 Å². The van der Waals surface area contributed by atoms with Crippen LogP contribution in [0.25, 0.3) is 0 Å². The lowest BCUT2D eigenvalue weighted by Gasteiger charge is -2.39. The smallest absolute Gasteiger partial charge is 0.228 e. The highest BCUT2D eigenvalue weighted by Gasteiger charge is 2.29. The molecule has 0 radical (unpaired) electrons. The van der Waals surface area contributed by atoms with Crippen LogP contribution in [-0.2, 0) is 4.79 Å². The molecule has 6 nitrogen and oxygen atoms in total. The Kier molecular flexibility index (Phi) is 8.21. The van der Waals surface area contributed by atoms with Crippen LogP contribution < -0.4 is 14.5 Å². The molecule has 0 N–H and O–H groups in total. The summed E-state index contributed by atoms with van der Waals surface area (Å²) in [5, 5.41) is 0. The molecule has 6 heteroatoms. The molecule has 2 aliphatic rings. The molecule has 0 spiro atoms. The van der Waals surface area contributed by atoms with Crippen LogP contribution in [0.5, 0.6) is 5.75 Å². The lowest BCUT2D eigenvalue weighted by molar-refractivity contribution is -0.120. The number of hydrogen-bond acceptors (Lipinski definition) is 5. The largest absolute Gasteiger partial charge is 0.495 e. The molecule has 1 saturated heterocycles. The molecule has 1 saturated carbocycles. The first kappa shape index (κ1) is 23.6. The lowest BCUT2D eigenvalue weighted by Crippen LogP contribution is -2.52. The minimum atomic E-state index is 0.0776. The van der Waals surface area contributed by atoms with Crippen LogP contribution in [0.3, 0.4) is 0 Å². The monoisotopic (exact) mass is 450 g/mol. The number of hydrogen-bond donors (Lipinski definition) is 0. The molecule has 1 amide bonds. The zero-order valence-electron chi connectivity index (χ0n) is 20.2. The molecule has 2 fully saturated rings. The van der Waals surface area contributed by atoms with Crippen molar-refractivity contribution in [3.05, 3.63) is 48.7 Å². The summed E-state index contributed by atoms with van der Waals surface area (Å²) in [5.74, 6) is 2.45. The second-order valence-corrected chi connectivity index (χ2v) is 9.47. The van der Waals surface area contributed by atoms with Crippen LogP contribution in [0, 0.1) is 5.92 Å². The molecular weight excluding hydrogens is 412 g/mol. The van der Waals surface area contributed by atoms with Crippen molar-refractivity contribution >= 4 is 17.4 Å². The summed E-state index contributed by atoms with van der Waals surface area (Å²) in [6.45, 7) is 6.86. The first-order valence-corrected chi connectivity index (χ1v) is 12.5. The van der Waals surface area contributed by atoms with Gasteiger partial charge in [0.25, 0.3) is 0 Å². The molecule has 2 aromatic rings. The number of nitrogens with zero attached hydrogens (tertiary/aromatic N) is 4. The van der Waals surface area contributed by atoms with Crippen molar-refractivity contribution in [1.29, 1.82) is 0 Å². The highest BCUT2D eigenvalue weighted by molar-refractivity contribution is 5.93. The van der Waals surface area contributed by atoms with Gasteiger partial charge in [-0.15, -0.1) is 0 Å². The topological polar surface area (TPSA) is 48.9 Å². The number of piperazine rings is 1. The van der Waals surface area contributed by atoms with E-state index in [1.165, 1.54) is 32.1 Å². The van der Waals surface area contributed by atoms with Gasteiger partial charge in [-0.3, -0.25) is 14.6 Å². The van der Waals surface area contributed by atoms with Gasteiger partial charge < -0.3 is 9.64 Å². The average molecular weight is 451 g/mol. The molecule has 2 heterocycles. The van der Waals surface area contributed by atoms with Crippen LogP contribution in [0.2, 0.25) is 0 Å². The number of ether oxygens (including phenoxy) is 1. The second kappa shape index (κ2) is 11.5. The summed E-state index contributed by atoms with van der Waals surface area (Å²) in [6, 6.07) is 14.2. The van der Waals surface area contributed by atoms with Crippen molar-refractivity contribution < 1.29 is 9.53 Å². The Hall–Kier alpha value is -2.60. The van der Waals surface area contributed by atoms with Gasteiger partial charge in [-0.2, -0.15) is 0 Å². The van der Waals surface area contributed by atoms with Crippen LogP contribution in [0.15, 0.2) is 48.7 Å². The number of amides is 1. The van der Waals surface area contributed by atoms with Crippen LogP contribution in [0.4, 0.5) is 11.5 Å². The number of benzene rings is 1. The predicted molar refractivity (Wildman–Crippen MR) is 134 cm³/mol. The Bertz CT molecular complexity index is 877. The fourth-order valence-electron chi connectivity index (χ4n) is 5.35. The van der Waals surface area contributed by atoms with Crippen molar-refractivity contribution in [2.24, 2.45) is 5.92 Å². The van der Waals surface area contributed by atoms with Crippen LogP contribution in [0.1, 0.15) is 45.4 Å². The summed E-state index contributed by atoms with van der Waals surface area (Å²) in [6.07, 6.45) is 8.62. The molecule has 1 aromatic carbocycles. The van der Waals surface area contributed by atoms with E-state index in [-0.39, 0.29) is 11.9 Å². The van der Waals surface area contributed by atoms with Gasteiger partial charge in [0.1, 0.15) is 11.6 Å². The number of carbonyl (C=O) groups is 1. The lowest BCUT2D eigenvalue weighted by atomic mass is 9.86. The van der Waals surface area contributed by atoms with E-state index in [9.17, 15) is 4.79 Å². The minimum Gasteiger partial charge on any atom is -0.495 e. The molecule has 0 bridgehead atoms. The van der Waals surface area contributed by atoms with E-state index in [1.807, 2.05) is 35.2 Å². The van der Waals surface area contributed by atoms with Gasteiger partial charge in [0, 0.05) is 51.4 Å². The molecule has 33 heavy (non-hydrogen) atoms. The van der Waals surface area contributed by atoms with Crippen molar-refractivity contribution in [2.75, 3.05) is 49.6 Å². The van der Waals surface area contributed by atoms with Gasteiger partial charge in [-0.25, -0.2) is 4.98 Å². The molecule has 1 aliphatic heterocycles. The zero-order chi connectivity index (χ0) is 23.0. The number of rotatable bonds is 8. The normalized spacial score (nSPS) is 18.7. The third-order valence-electron chi connectivity index (χ3n) is 7.11. The third kappa shape index (κ3) is 6.05. The van der Waals surface area contributed by atoms with E-state index >= 15 is 0 Å². The van der Waals surface area contributed by atoms with E-state index in [0.29, 0.717) is 12.3 Å². The van der Waals surface area contributed by atoms with E-state index in [1.54, 1.807) is 13.3 Å². The zero-order valence-corrected chi connectivity index (χ0v) is 20.2. The van der Waals surface area contributed by atoms with E-state index in [0.717, 1.165) is 50.0 Å². The Balaban J connectivity index is 1.38. The van der Waals surface area contributed by atoms with E-state index in [2.05, 4.69) is 33.8 Å². The Morgan fingerprint density at radius 3 is 2.48 bits per heavy atom. The van der Waals surface area contributed by atoms with Crippen molar-refractivity contribution in [3.63, 3.8) is 0 Å². The number of pyridine rings is 1. The summed E-state index contributed by atoms with van der Waals surface area (Å²) in [7, 11) is 1.73. The standard InChI is InChI=1S/C27H38N4O2/c1-22(21-29-16-18-30(19-17-29)24-12-6-7-13-25(24)33-2)31(26-14-8-9-15-28-26)27(32)20-23-10-4-3-5-11-23/h6-9,12-15,22-23H,3-5,10-11,16-21H2,1-2H3/t22-/m1/s1. The van der Waals surface area contributed by atoms with Gasteiger partial charge in [-0.1, -0.05) is 37.5 Å². The predicted octanol–water partition coefficient (Wildman–Crippen LogP) is 4.60. The van der Waals surface area contributed by atoms with Gasteiger partial charge in [0.05, 0.1) is 12.8 Å². The van der Waals surface area contributed by atoms with Crippen molar-refractivity contribution in [1.82, 2.24) is 9.88 Å². The number of aromatic nitrogens is 1. The van der Waals surface area contributed by atoms with Gasteiger partial charge in [-0.05, 0) is 49.9 Å². The number of methoxy groups -OCH3 is 1. The average Bonchev–Trinajstić information content (AvgIpc) is 2.86. The highest BCUT2D eigenvalue weighted by Crippen LogP contribution is 2.30. The SMILES string of the molecule is COc1ccccc1N1CCN(C[C@@H](C)N(C(=O)CC2CCCCC2)c2ccccn2)CC1. The summed E-state index contributed by atoms with van der Waals surface area (Å²) in [5.41, 5.74) is 1.16. The molecule has 1 atom stereocenters. The molecule has 1 aliphatic carbocycles. The quantitative estimate of drug-likeness (QED) is 0.588. The summed E-state index contributed by atoms with van der Waals surface area (Å²) < 4.78 is 5.55. The molecule has 1 aromatic heterocycles. The van der Waals surface area contributed by atoms with Gasteiger partial charge in [0.2, 0.25) is 5.91 Å². The summed E-state index contributed by atoms with van der Waals surface area (Å²) >= 11 is 0. The fourth-order valence-corrected chi connectivity index (χ4v) is 5.35. The molecular formula is C27H38N4O2. The first-order chi connectivity index (χ1) is 16.2. The fraction of sp³-hybridized carbons (Fsp3) is 0.556. The van der Waals surface area contributed by atoms with Crippen LogP contribution in [-0.4, -0.2) is 61.7 Å². The number of para-hydroxylation sites is 2. The maximum absolute atomic E-state index is 13.4. The maximum Gasteiger partial charge on any atom is 0.228 e. The molecule has 178 valence electrons. The van der Waals surface area contributed by atoms with Crippen molar-refractivity contribution in [2.45, 2.75) is 51.5 Å². The third-order valence-corrected chi connectivity index (χ3v) is 7.11. The molecule has 4 rings (SSSR count). The first-order valence-electron chi connectivity index (χ1n) is 12.5. The number of anilines is 2. The van der Waals surface area contributed by atoms with Gasteiger partial charge in [0.15, 0.2) is 0 Å². The van der Waals surface area contributed by atoms with Gasteiger partial charge >= 0.3 is 0 Å². The van der Waals surface area contributed by atoms with Crippen LogP contribution >= 0.6 is 0 Å². The Labute approximate surface area is 198 Å². The number of carbonyl (C=O) groups excluding carboxylic acids is 1. The molecule has 0 unspecified atom stereocenters. The Morgan fingerprint density at radius 1 is 1.06 bits per heavy atom.